The summed E-state index contributed by atoms with van der Waals surface area (Å²) in [6, 6.07) is 10.1. The number of rotatable bonds is 18. The normalized spacial score (nSPS) is 12.6. The van der Waals surface area contributed by atoms with Crippen molar-refractivity contribution in [1.29, 1.82) is 0 Å². The summed E-state index contributed by atoms with van der Waals surface area (Å²) < 4.78 is 17.1. The quantitative estimate of drug-likeness (QED) is 0.0942. The second-order valence-corrected chi connectivity index (χ2v) is 11.5. The van der Waals surface area contributed by atoms with E-state index in [1.807, 2.05) is 27.7 Å². The summed E-state index contributed by atoms with van der Waals surface area (Å²) in [7, 11) is 0. The Morgan fingerprint density at radius 1 is 0.511 bits per heavy atom. The third-order valence-electron chi connectivity index (χ3n) is 8.55. The highest BCUT2D eigenvalue weighted by molar-refractivity contribution is 6.06. The number of aromatic hydroxyl groups is 3. The van der Waals surface area contributed by atoms with Gasteiger partial charge < -0.3 is 29.5 Å². The first-order valence-corrected chi connectivity index (χ1v) is 16.3. The lowest BCUT2D eigenvalue weighted by Crippen LogP contribution is -2.28. The van der Waals surface area contributed by atoms with Gasteiger partial charge in [-0.1, -0.05) is 20.8 Å². The third-order valence-corrected chi connectivity index (χ3v) is 8.55. The molecule has 0 amide bonds. The number of carbonyl (C=O) groups excluding carboxylic acids is 3. The number of hydrogen-bond acceptors (Lipinski definition) is 9. The van der Waals surface area contributed by atoms with Gasteiger partial charge in [-0.05, 0) is 80.8 Å². The zero-order valence-electron chi connectivity index (χ0n) is 28.6. The maximum atomic E-state index is 13.2. The largest absolute Gasteiger partial charge is 0.507 e. The summed E-state index contributed by atoms with van der Waals surface area (Å²) in [5.41, 5.74) is 1.99. The van der Waals surface area contributed by atoms with E-state index < -0.39 is 5.41 Å². The number of phenolic OH excluding ortho intramolecular Hbond substituents is 3. The molecule has 0 heterocycles. The molecule has 3 aromatic carbocycles. The Morgan fingerprint density at radius 2 is 0.809 bits per heavy atom. The molecule has 1 unspecified atom stereocenters. The maximum Gasteiger partial charge on any atom is 0.166 e. The molecule has 0 aliphatic heterocycles. The predicted molar refractivity (Wildman–Crippen MR) is 180 cm³/mol. The van der Waals surface area contributed by atoms with Gasteiger partial charge in [0, 0.05) is 61.2 Å². The summed E-state index contributed by atoms with van der Waals surface area (Å²) >= 11 is 0. The van der Waals surface area contributed by atoms with Gasteiger partial charge in [0.25, 0.3) is 0 Å². The van der Waals surface area contributed by atoms with Crippen molar-refractivity contribution in [2.75, 3.05) is 19.8 Å². The molecule has 0 aromatic heterocycles. The van der Waals surface area contributed by atoms with Crippen LogP contribution in [0.15, 0.2) is 36.4 Å². The molecule has 0 aliphatic carbocycles. The summed E-state index contributed by atoms with van der Waals surface area (Å²) in [5, 5.41) is 33.6. The van der Waals surface area contributed by atoms with Gasteiger partial charge >= 0.3 is 0 Å². The van der Waals surface area contributed by atoms with E-state index in [0.29, 0.717) is 53.2 Å². The molecule has 3 rings (SSSR count). The predicted octanol–water partition coefficient (Wildman–Crippen LogP) is 7.55. The summed E-state index contributed by atoms with van der Waals surface area (Å²) in [6.45, 7) is 13.9. The lowest BCUT2D eigenvalue weighted by atomic mass is 9.68. The Hall–Kier alpha value is -4.05. The molecule has 0 aliphatic rings. The molecule has 47 heavy (non-hydrogen) atoms. The Bertz CT molecular complexity index is 1540. The number of Topliss-reactive ketones (excluding diaryl/α,β-unsaturated/α-hetero) is 3. The van der Waals surface area contributed by atoms with Crippen LogP contribution in [0.2, 0.25) is 0 Å². The number of ether oxygens (including phenoxy) is 3. The fourth-order valence-corrected chi connectivity index (χ4v) is 5.63. The van der Waals surface area contributed by atoms with E-state index in [1.54, 1.807) is 57.2 Å². The molecule has 0 saturated carbocycles. The number of phenols is 3. The molecule has 0 saturated heterocycles. The molecule has 9 heteroatoms. The molecule has 9 nitrogen and oxygen atoms in total. The maximum absolute atomic E-state index is 13.2. The van der Waals surface area contributed by atoms with Crippen LogP contribution in [0.4, 0.5) is 0 Å². The van der Waals surface area contributed by atoms with Gasteiger partial charge in [0.2, 0.25) is 0 Å². The van der Waals surface area contributed by atoms with E-state index in [2.05, 4.69) is 0 Å². The van der Waals surface area contributed by atoms with Crippen LogP contribution in [-0.4, -0.2) is 52.5 Å². The Balaban J connectivity index is 2.60. The van der Waals surface area contributed by atoms with Gasteiger partial charge in [-0.25, -0.2) is 0 Å². The van der Waals surface area contributed by atoms with Gasteiger partial charge in [0.05, 0.1) is 36.5 Å². The smallest absolute Gasteiger partial charge is 0.166 e. The number of hydrogen-bond donors (Lipinski definition) is 3. The third kappa shape index (κ3) is 7.92. The van der Waals surface area contributed by atoms with Crippen molar-refractivity contribution in [3.05, 3.63) is 86.5 Å². The van der Waals surface area contributed by atoms with Crippen molar-refractivity contribution >= 4 is 17.3 Å². The minimum atomic E-state index is -1.22. The van der Waals surface area contributed by atoms with E-state index in [4.69, 9.17) is 14.2 Å². The fraction of sp³-hybridized carbons (Fsp3) is 0.447. The van der Waals surface area contributed by atoms with Crippen LogP contribution in [0.1, 0.15) is 132 Å². The fourth-order valence-electron chi connectivity index (χ4n) is 5.63. The minimum absolute atomic E-state index is 0.00839. The number of benzene rings is 3. The van der Waals surface area contributed by atoms with Crippen LogP contribution in [-0.2, 0) is 39.4 Å². The topological polar surface area (TPSA) is 140 Å². The first-order valence-electron chi connectivity index (χ1n) is 16.3. The Morgan fingerprint density at radius 3 is 1.15 bits per heavy atom. The molecule has 3 N–H and O–H groups in total. The van der Waals surface area contributed by atoms with Crippen LogP contribution >= 0.6 is 0 Å². The second kappa shape index (κ2) is 16.7. The van der Waals surface area contributed by atoms with Gasteiger partial charge in [-0.2, -0.15) is 0 Å². The van der Waals surface area contributed by atoms with Gasteiger partial charge in [-0.3, -0.25) is 14.4 Å². The van der Waals surface area contributed by atoms with Gasteiger partial charge in [0.1, 0.15) is 17.2 Å². The van der Waals surface area contributed by atoms with Crippen LogP contribution in [0.5, 0.6) is 17.2 Å². The average Bonchev–Trinajstić information content (AvgIpc) is 3.08. The van der Waals surface area contributed by atoms with Crippen molar-refractivity contribution in [1.82, 2.24) is 0 Å². The highest BCUT2D eigenvalue weighted by Crippen LogP contribution is 2.46. The molecule has 0 bridgehead atoms. The number of ketones is 3. The zero-order chi connectivity index (χ0) is 34.9. The summed E-state index contributed by atoms with van der Waals surface area (Å²) in [6.07, 6.45) is 0.328. The van der Waals surface area contributed by atoms with E-state index >= 15 is 0 Å². The summed E-state index contributed by atoms with van der Waals surface area (Å²) in [4.78, 5) is 39.6. The second-order valence-electron chi connectivity index (χ2n) is 11.5. The number of carbonyl (C=O) groups is 3. The molecule has 0 fully saturated rings. The molecule has 3 aromatic rings. The standard InChI is InChI=1S/C38H48O9/c1-8-32(39)29-17-27(16-25(36(29)43)22-47-13-6)38(7,26-14-23(20-45-11-4)35(42)24(15-26)21-46-12-5)28-18-30(33(40)9-2)37(44)31(19-28)34(41)10-3/h14-19,42-44H,8-13,20-22H2,1-7H3. The minimum Gasteiger partial charge on any atom is -0.507 e. The average molecular weight is 649 g/mol. The monoisotopic (exact) mass is 648 g/mol. The van der Waals surface area contributed by atoms with Crippen molar-refractivity contribution in [3.8, 4) is 17.2 Å². The van der Waals surface area contributed by atoms with Crippen LogP contribution in [0.3, 0.4) is 0 Å². The van der Waals surface area contributed by atoms with Gasteiger partial charge in [-0.15, -0.1) is 0 Å². The van der Waals surface area contributed by atoms with E-state index in [-0.39, 0.29) is 90.4 Å². The molecule has 0 radical (unpaired) electrons. The van der Waals surface area contributed by atoms with Crippen molar-refractivity contribution in [2.45, 2.75) is 93.0 Å². The van der Waals surface area contributed by atoms with Crippen molar-refractivity contribution in [3.63, 3.8) is 0 Å². The van der Waals surface area contributed by atoms with E-state index in [0.717, 1.165) is 0 Å². The first kappa shape index (κ1) is 37.4. The van der Waals surface area contributed by atoms with Crippen LogP contribution in [0, 0.1) is 0 Å². The Labute approximate surface area is 277 Å². The Kier molecular flexibility index (Phi) is 13.3. The zero-order valence-corrected chi connectivity index (χ0v) is 28.6. The van der Waals surface area contributed by atoms with Gasteiger partial charge in [0.15, 0.2) is 17.3 Å². The van der Waals surface area contributed by atoms with Crippen LogP contribution in [0.25, 0.3) is 0 Å². The highest BCUT2D eigenvalue weighted by atomic mass is 16.5. The molecular weight excluding hydrogens is 600 g/mol. The molecule has 0 spiro atoms. The SMILES string of the molecule is CCOCc1cc(C(C)(c2cc(COCC)c(O)c(C(=O)CC)c2)c2cc(C(=O)CC)c(O)c(C(=O)CC)c2)cc(COCC)c1O. The highest BCUT2D eigenvalue weighted by Gasteiger charge is 2.37. The van der Waals surface area contributed by atoms with Crippen molar-refractivity contribution < 1.29 is 43.9 Å². The van der Waals surface area contributed by atoms with E-state index in [1.165, 1.54) is 0 Å². The molecule has 254 valence electrons. The summed E-state index contributed by atoms with van der Waals surface area (Å²) in [5.74, 6) is -1.50. The molecule has 1 atom stereocenters. The molecular formula is C38H48O9. The first-order chi connectivity index (χ1) is 22.4. The van der Waals surface area contributed by atoms with Crippen LogP contribution < -0.4 is 0 Å². The van der Waals surface area contributed by atoms with Crippen molar-refractivity contribution in [2.24, 2.45) is 0 Å². The lowest BCUT2D eigenvalue weighted by molar-refractivity contribution is 0.0972. The van der Waals surface area contributed by atoms with E-state index in [9.17, 15) is 29.7 Å². The lowest BCUT2D eigenvalue weighted by Gasteiger charge is -2.35.